The van der Waals surface area contributed by atoms with Crippen LogP contribution in [-0.4, -0.2) is 91.3 Å². The van der Waals surface area contributed by atoms with Gasteiger partial charge in [0.2, 0.25) is 5.91 Å². The third-order valence-corrected chi connectivity index (χ3v) is 12.9. The standard InChI is InChI=1S/C41H53FN6O10S/c1-2-27-22-41(27,46-36(49)34-21-29(23-44-34)58-40(54)48-24-26-13-12-16-31(42)30(26)25-48)38(52)47-59(55,56)35-19-10-9-17-32(35)43-20-11-5-3-4-6-18-33(37(50)51)45-39(53)57-28-14-7-8-15-28/h2,9-10,12-13,16-17,19,27-29,33-34,43-44H,1,3-8,11,14-15,18,20-25H2,(H,45,53)(H,46,49)(H,47,52)(H,50,51)/t27-,29-,33+,34+,41-/m1/s1. The first-order chi connectivity index (χ1) is 28.3. The number of carbonyl (C=O) groups is 5. The normalized spacial score (nSPS) is 22.8. The number of amides is 4. The lowest BCUT2D eigenvalue weighted by Gasteiger charge is -2.22. The molecule has 16 nitrogen and oxygen atoms in total. The number of ether oxygens (including phenoxy) is 2. The summed E-state index contributed by atoms with van der Waals surface area (Å²) in [5.41, 5.74) is -0.108. The number of carbonyl (C=O) groups excluding carboxylic acids is 4. The summed E-state index contributed by atoms with van der Waals surface area (Å²) in [7, 11) is -4.39. The highest BCUT2D eigenvalue weighted by atomic mass is 32.2. The van der Waals surface area contributed by atoms with Crippen LogP contribution in [0.15, 0.2) is 60.0 Å². The maximum atomic E-state index is 14.2. The van der Waals surface area contributed by atoms with E-state index in [4.69, 9.17) is 9.47 Å². The summed E-state index contributed by atoms with van der Waals surface area (Å²) >= 11 is 0. The summed E-state index contributed by atoms with van der Waals surface area (Å²) in [5, 5.41) is 20.9. The number of halogens is 1. The van der Waals surface area contributed by atoms with E-state index in [0.29, 0.717) is 36.2 Å². The second-order valence-electron chi connectivity index (χ2n) is 15.7. The van der Waals surface area contributed by atoms with Crippen molar-refractivity contribution in [2.24, 2.45) is 5.92 Å². The molecule has 6 N–H and O–H groups in total. The summed E-state index contributed by atoms with van der Waals surface area (Å²) in [6, 6.07) is 8.99. The third kappa shape index (κ3) is 10.9. The van der Waals surface area contributed by atoms with Crippen molar-refractivity contribution < 1.29 is 51.4 Å². The number of sulfonamides is 1. The van der Waals surface area contributed by atoms with Gasteiger partial charge in [-0.05, 0) is 68.7 Å². The zero-order valence-electron chi connectivity index (χ0n) is 32.9. The molecule has 2 aliphatic heterocycles. The van der Waals surface area contributed by atoms with Crippen molar-refractivity contribution in [3.05, 3.63) is 72.1 Å². The Labute approximate surface area is 343 Å². The molecule has 0 unspecified atom stereocenters. The Balaban J connectivity index is 0.929. The van der Waals surface area contributed by atoms with Gasteiger partial charge < -0.3 is 35.8 Å². The Morgan fingerprint density at radius 1 is 0.983 bits per heavy atom. The zero-order chi connectivity index (χ0) is 42.2. The molecule has 2 heterocycles. The molecule has 0 aromatic heterocycles. The van der Waals surface area contributed by atoms with Crippen LogP contribution in [-0.2, 0) is 47.0 Å². The number of para-hydroxylation sites is 1. The molecule has 4 amide bonds. The lowest BCUT2D eigenvalue weighted by atomic mass is 10.1. The second kappa shape index (κ2) is 19.2. The number of hydrogen-bond donors (Lipinski definition) is 6. The molecular weight excluding hydrogens is 788 g/mol. The van der Waals surface area contributed by atoms with Crippen LogP contribution in [0.2, 0.25) is 0 Å². The molecule has 59 heavy (non-hydrogen) atoms. The van der Waals surface area contributed by atoms with Gasteiger partial charge in [0.25, 0.3) is 15.9 Å². The van der Waals surface area contributed by atoms with Gasteiger partial charge in [0, 0.05) is 37.5 Å². The molecular formula is C41H53FN6O10S. The highest BCUT2D eigenvalue weighted by molar-refractivity contribution is 7.90. The SMILES string of the molecule is C=C[C@@H]1C[C@]1(NC(=O)[C@@H]1C[C@@H](OC(=O)N2Cc3cccc(F)c3C2)CN1)C(=O)NS(=O)(=O)c1ccccc1NCCCCCCC[C@H](NC(=O)OC1CCCC1)C(=O)O. The van der Waals surface area contributed by atoms with Crippen molar-refractivity contribution >= 4 is 45.7 Å². The molecule has 0 spiro atoms. The van der Waals surface area contributed by atoms with Crippen molar-refractivity contribution in [1.29, 1.82) is 0 Å². The van der Waals surface area contributed by atoms with Crippen LogP contribution in [0.1, 0.15) is 88.2 Å². The smallest absolute Gasteiger partial charge is 0.410 e. The summed E-state index contributed by atoms with van der Waals surface area (Å²) in [5.74, 6) is -3.48. The molecule has 1 saturated heterocycles. The number of hydrogen-bond acceptors (Lipinski definition) is 11. The van der Waals surface area contributed by atoms with Gasteiger partial charge in [0.1, 0.15) is 34.5 Å². The molecule has 2 aromatic rings. The van der Waals surface area contributed by atoms with Crippen LogP contribution in [0.5, 0.6) is 0 Å². The lowest BCUT2D eigenvalue weighted by molar-refractivity contribution is -0.139. The molecule has 5 atom stereocenters. The molecule has 6 rings (SSSR count). The number of aliphatic carboxylic acids is 1. The van der Waals surface area contributed by atoms with E-state index >= 15 is 0 Å². The highest BCUT2D eigenvalue weighted by Crippen LogP contribution is 2.45. The van der Waals surface area contributed by atoms with Crippen LogP contribution in [0.4, 0.5) is 19.7 Å². The van der Waals surface area contributed by atoms with E-state index in [1.165, 1.54) is 29.2 Å². The number of anilines is 1. The molecule has 0 radical (unpaired) electrons. The van der Waals surface area contributed by atoms with Crippen LogP contribution < -0.4 is 26.0 Å². The van der Waals surface area contributed by atoms with Gasteiger partial charge in [0.05, 0.1) is 18.3 Å². The first kappa shape index (κ1) is 43.4. The molecule has 2 aromatic carbocycles. The quantitative estimate of drug-likeness (QED) is 0.0854. The van der Waals surface area contributed by atoms with Gasteiger partial charge in [-0.3, -0.25) is 14.5 Å². The second-order valence-corrected chi connectivity index (χ2v) is 17.4. The topological polar surface area (TPSA) is 222 Å². The van der Waals surface area contributed by atoms with Crippen LogP contribution in [0, 0.1) is 11.7 Å². The Morgan fingerprint density at radius 2 is 1.73 bits per heavy atom. The number of nitrogens with one attached hydrogen (secondary N) is 5. The average molecular weight is 841 g/mol. The maximum absolute atomic E-state index is 14.2. The van der Waals surface area contributed by atoms with Crippen molar-refractivity contribution in [2.45, 2.75) is 125 Å². The summed E-state index contributed by atoms with van der Waals surface area (Å²) in [6.07, 6.45) is 7.05. The Morgan fingerprint density at radius 3 is 2.46 bits per heavy atom. The first-order valence-electron chi connectivity index (χ1n) is 20.3. The molecule has 320 valence electrons. The van der Waals surface area contributed by atoms with E-state index in [-0.39, 0.29) is 49.9 Å². The number of fused-ring (bicyclic) bond motifs is 1. The molecule has 4 aliphatic rings. The predicted octanol–water partition coefficient (Wildman–Crippen LogP) is 4.45. The third-order valence-electron chi connectivity index (χ3n) is 11.5. The van der Waals surface area contributed by atoms with E-state index in [1.54, 1.807) is 24.3 Å². The molecule has 0 bridgehead atoms. The van der Waals surface area contributed by atoms with Gasteiger partial charge in [-0.15, -0.1) is 6.58 Å². The Kier molecular flexibility index (Phi) is 14.1. The van der Waals surface area contributed by atoms with Gasteiger partial charge in [-0.25, -0.2) is 31.9 Å². The van der Waals surface area contributed by atoms with E-state index < -0.39 is 75.5 Å². The van der Waals surface area contributed by atoms with E-state index in [2.05, 4.69) is 32.6 Å². The van der Waals surface area contributed by atoms with Crippen molar-refractivity contribution in [1.82, 2.24) is 25.6 Å². The molecule has 2 aliphatic carbocycles. The molecule has 2 saturated carbocycles. The average Bonchev–Trinajstić information content (AvgIpc) is 3.64. The van der Waals surface area contributed by atoms with Gasteiger partial charge >= 0.3 is 18.2 Å². The zero-order valence-corrected chi connectivity index (χ0v) is 33.7. The number of unbranched alkanes of at least 4 members (excludes halogenated alkanes) is 4. The van der Waals surface area contributed by atoms with Crippen LogP contribution in [0.25, 0.3) is 0 Å². The van der Waals surface area contributed by atoms with Crippen LogP contribution >= 0.6 is 0 Å². The minimum Gasteiger partial charge on any atom is -0.480 e. The maximum Gasteiger partial charge on any atom is 0.410 e. The minimum absolute atomic E-state index is 0.0794. The largest absolute Gasteiger partial charge is 0.480 e. The predicted molar refractivity (Wildman–Crippen MR) is 213 cm³/mol. The first-order valence-corrected chi connectivity index (χ1v) is 21.8. The summed E-state index contributed by atoms with van der Waals surface area (Å²) in [6.45, 7) is 4.64. The number of rotatable bonds is 19. The number of alkyl carbamates (subject to hydrolysis) is 1. The van der Waals surface area contributed by atoms with Gasteiger partial charge in [-0.1, -0.05) is 56.0 Å². The van der Waals surface area contributed by atoms with Gasteiger partial charge in [-0.2, -0.15) is 0 Å². The number of benzene rings is 2. The summed E-state index contributed by atoms with van der Waals surface area (Å²) < 4.78 is 54.5. The van der Waals surface area contributed by atoms with Crippen LogP contribution in [0.3, 0.4) is 0 Å². The van der Waals surface area contributed by atoms with Crippen molar-refractivity contribution in [2.75, 3.05) is 18.4 Å². The fourth-order valence-corrected chi connectivity index (χ4v) is 9.22. The number of carboxylic acid groups (broad SMARTS) is 1. The van der Waals surface area contributed by atoms with Crippen molar-refractivity contribution in [3.63, 3.8) is 0 Å². The molecule has 18 heteroatoms. The fourth-order valence-electron chi connectivity index (χ4n) is 7.99. The van der Waals surface area contributed by atoms with E-state index in [9.17, 15) is 41.9 Å². The number of carboxylic acids is 1. The highest BCUT2D eigenvalue weighted by Gasteiger charge is 2.61. The number of nitrogens with zero attached hydrogens (tertiary/aromatic N) is 1. The summed E-state index contributed by atoms with van der Waals surface area (Å²) in [4.78, 5) is 65.0. The van der Waals surface area contributed by atoms with E-state index in [0.717, 1.165) is 44.9 Å². The lowest BCUT2D eigenvalue weighted by Crippen LogP contribution is -2.55. The Hall–Kier alpha value is -5.23. The van der Waals surface area contributed by atoms with E-state index in [1.807, 2.05) is 0 Å². The Bertz CT molecular complexity index is 2010. The fraction of sp³-hybridized carbons (Fsp3) is 0.537. The van der Waals surface area contributed by atoms with Crippen molar-refractivity contribution in [3.8, 4) is 0 Å². The minimum atomic E-state index is -4.39. The van der Waals surface area contributed by atoms with Gasteiger partial charge in [0.15, 0.2) is 0 Å². The molecule has 3 fully saturated rings. The monoisotopic (exact) mass is 840 g/mol.